The molecular formula is C13H17ClFNO2. The molecule has 1 unspecified atom stereocenters. The second kappa shape index (κ2) is 7.34. The summed E-state index contributed by atoms with van der Waals surface area (Å²) in [6.07, 6.45) is 1.52. The van der Waals surface area contributed by atoms with E-state index >= 15 is 0 Å². The van der Waals surface area contributed by atoms with Gasteiger partial charge in [-0.1, -0.05) is 24.9 Å². The van der Waals surface area contributed by atoms with Crippen LogP contribution >= 0.6 is 11.6 Å². The van der Waals surface area contributed by atoms with Crippen LogP contribution in [0.4, 0.5) is 4.39 Å². The van der Waals surface area contributed by atoms with Crippen molar-refractivity contribution in [3.8, 4) is 0 Å². The Morgan fingerprint density at radius 1 is 1.56 bits per heavy atom. The molecule has 0 bridgehead atoms. The largest absolute Gasteiger partial charge is 0.396 e. The van der Waals surface area contributed by atoms with Crippen LogP contribution in [0.15, 0.2) is 18.2 Å². The number of rotatable bonds is 6. The average molecular weight is 274 g/mol. The van der Waals surface area contributed by atoms with Crippen molar-refractivity contribution in [2.45, 2.75) is 19.8 Å². The van der Waals surface area contributed by atoms with Crippen molar-refractivity contribution in [2.75, 3.05) is 13.2 Å². The standard InChI is InChI=1S/C13H17ClFNO2/c1-2-9(5-6-17)8-16-13(18)11-4-3-10(15)7-12(11)14/h3-4,7,9,17H,2,5-6,8H2,1H3,(H,16,18). The molecule has 0 aromatic heterocycles. The predicted molar refractivity (Wildman–Crippen MR) is 69.2 cm³/mol. The van der Waals surface area contributed by atoms with Gasteiger partial charge in [0.15, 0.2) is 0 Å². The number of aliphatic hydroxyl groups excluding tert-OH is 1. The van der Waals surface area contributed by atoms with Crippen LogP contribution in [0.2, 0.25) is 5.02 Å². The number of halogens is 2. The van der Waals surface area contributed by atoms with Gasteiger partial charge in [-0.25, -0.2) is 4.39 Å². The third-order valence-electron chi connectivity index (χ3n) is 2.84. The van der Waals surface area contributed by atoms with Crippen LogP contribution in [0.1, 0.15) is 30.1 Å². The lowest BCUT2D eigenvalue weighted by molar-refractivity contribution is 0.0943. The zero-order chi connectivity index (χ0) is 13.5. The second-order valence-corrected chi connectivity index (χ2v) is 4.53. The molecule has 1 atom stereocenters. The third-order valence-corrected chi connectivity index (χ3v) is 3.15. The van der Waals surface area contributed by atoms with Gasteiger partial charge in [-0.15, -0.1) is 0 Å². The molecule has 0 aliphatic carbocycles. The number of hydrogen-bond donors (Lipinski definition) is 2. The van der Waals surface area contributed by atoms with E-state index in [1.165, 1.54) is 12.1 Å². The van der Waals surface area contributed by atoms with Crippen LogP contribution in [0.25, 0.3) is 0 Å². The van der Waals surface area contributed by atoms with Crippen LogP contribution < -0.4 is 5.32 Å². The summed E-state index contributed by atoms with van der Waals surface area (Å²) in [6.45, 7) is 2.58. The van der Waals surface area contributed by atoms with Crippen LogP contribution in [-0.4, -0.2) is 24.2 Å². The normalized spacial score (nSPS) is 12.2. The predicted octanol–water partition coefficient (Wildman–Crippen LogP) is 2.62. The molecule has 1 rings (SSSR count). The highest BCUT2D eigenvalue weighted by atomic mass is 35.5. The Kier molecular flexibility index (Phi) is 6.09. The van der Waals surface area contributed by atoms with Gasteiger partial charge in [0.1, 0.15) is 5.82 Å². The summed E-state index contributed by atoms with van der Waals surface area (Å²) in [5.41, 5.74) is 0.261. The number of carbonyl (C=O) groups excluding carboxylic acids is 1. The summed E-state index contributed by atoms with van der Waals surface area (Å²) in [7, 11) is 0. The highest BCUT2D eigenvalue weighted by Crippen LogP contribution is 2.17. The van der Waals surface area contributed by atoms with Gasteiger partial charge in [0.05, 0.1) is 10.6 Å². The van der Waals surface area contributed by atoms with Crippen LogP contribution in [-0.2, 0) is 0 Å². The van der Waals surface area contributed by atoms with Crippen molar-refractivity contribution in [1.82, 2.24) is 5.32 Å². The molecule has 0 heterocycles. The molecule has 0 saturated carbocycles. The topological polar surface area (TPSA) is 49.3 Å². The van der Waals surface area contributed by atoms with Gasteiger partial charge in [-0.2, -0.15) is 0 Å². The van der Waals surface area contributed by atoms with Gasteiger partial charge in [-0.3, -0.25) is 4.79 Å². The molecule has 0 fully saturated rings. The summed E-state index contributed by atoms with van der Waals surface area (Å²) < 4.78 is 12.8. The van der Waals surface area contributed by atoms with Crippen molar-refractivity contribution in [3.63, 3.8) is 0 Å². The lowest BCUT2D eigenvalue weighted by Gasteiger charge is -2.14. The zero-order valence-electron chi connectivity index (χ0n) is 10.2. The molecule has 0 aliphatic heterocycles. The Morgan fingerprint density at radius 2 is 2.28 bits per heavy atom. The molecule has 100 valence electrons. The van der Waals surface area contributed by atoms with Gasteiger partial charge in [-0.05, 0) is 30.5 Å². The van der Waals surface area contributed by atoms with E-state index in [1.54, 1.807) is 0 Å². The number of hydrogen-bond acceptors (Lipinski definition) is 2. The fourth-order valence-corrected chi connectivity index (χ4v) is 1.89. The molecule has 0 saturated heterocycles. The average Bonchev–Trinajstić information content (AvgIpc) is 2.34. The van der Waals surface area contributed by atoms with Crippen molar-refractivity contribution >= 4 is 17.5 Å². The number of benzene rings is 1. The quantitative estimate of drug-likeness (QED) is 0.837. The lowest BCUT2D eigenvalue weighted by atomic mass is 10.0. The van der Waals surface area contributed by atoms with Crippen LogP contribution in [0.3, 0.4) is 0 Å². The van der Waals surface area contributed by atoms with Crippen LogP contribution in [0.5, 0.6) is 0 Å². The maximum absolute atomic E-state index is 12.8. The zero-order valence-corrected chi connectivity index (χ0v) is 11.0. The van der Waals surface area contributed by atoms with Gasteiger partial charge in [0.25, 0.3) is 5.91 Å². The Morgan fingerprint density at radius 3 is 2.83 bits per heavy atom. The van der Waals surface area contributed by atoms with E-state index in [4.69, 9.17) is 16.7 Å². The summed E-state index contributed by atoms with van der Waals surface area (Å²) >= 11 is 5.79. The van der Waals surface area contributed by atoms with Crippen molar-refractivity contribution < 1.29 is 14.3 Å². The number of carbonyl (C=O) groups is 1. The Balaban J connectivity index is 2.59. The number of nitrogens with one attached hydrogen (secondary N) is 1. The molecule has 18 heavy (non-hydrogen) atoms. The molecule has 3 nitrogen and oxygen atoms in total. The Bertz CT molecular complexity index is 412. The van der Waals surface area contributed by atoms with E-state index in [1.807, 2.05) is 6.92 Å². The summed E-state index contributed by atoms with van der Waals surface area (Å²) in [5.74, 6) is -0.558. The molecule has 1 aromatic rings. The smallest absolute Gasteiger partial charge is 0.252 e. The second-order valence-electron chi connectivity index (χ2n) is 4.12. The maximum atomic E-state index is 12.8. The summed E-state index contributed by atoms with van der Waals surface area (Å²) in [6, 6.07) is 3.67. The first-order valence-corrected chi connectivity index (χ1v) is 6.30. The van der Waals surface area contributed by atoms with Crippen LogP contribution in [0, 0.1) is 11.7 Å². The van der Waals surface area contributed by atoms with E-state index in [2.05, 4.69) is 5.32 Å². The molecule has 0 radical (unpaired) electrons. The van der Waals surface area contributed by atoms with Crippen molar-refractivity contribution in [1.29, 1.82) is 0 Å². The molecule has 0 aliphatic rings. The lowest BCUT2D eigenvalue weighted by Crippen LogP contribution is -2.29. The Hall–Kier alpha value is -1.13. The van der Waals surface area contributed by atoms with Gasteiger partial charge in [0, 0.05) is 13.2 Å². The fraction of sp³-hybridized carbons (Fsp3) is 0.462. The monoisotopic (exact) mass is 273 g/mol. The van der Waals surface area contributed by atoms with E-state index < -0.39 is 5.82 Å². The summed E-state index contributed by atoms with van der Waals surface area (Å²) in [4.78, 5) is 11.8. The first-order chi connectivity index (χ1) is 8.58. The van der Waals surface area contributed by atoms with Gasteiger partial charge >= 0.3 is 0 Å². The number of amides is 1. The van der Waals surface area contributed by atoms with E-state index in [0.29, 0.717) is 13.0 Å². The highest BCUT2D eigenvalue weighted by molar-refractivity contribution is 6.33. The molecule has 1 amide bonds. The molecule has 5 heteroatoms. The number of aliphatic hydroxyl groups is 1. The maximum Gasteiger partial charge on any atom is 0.252 e. The third kappa shape index (κ3) is 4.27. The van der Waals surface area contributed by atoms with Gasteiger partial charge < -0.3 is 10.4 Å². The van der Waals surface area contributed by atoms with E-state index in [-0.39, 0.29) is 29.0 Å². The minimum absolute atomic E-state index is 0.0997. The minimum Gasteiger partial charge on any atom is -0.396 e. The first-order valence-electron chi connectivity index (χ1n) is 5.92. The highest BCUT2D eigenvalue weighted by Gasteiger charge is 2.13. The molecule has 0 spiro atoms. The first kappa shape index (κ1) is 14.9. The fourth-order valence-electron chi connectivity index (χ4n) is 1.64. The van der Waals surface area contributed by atoms with E-state index in [9.17, 15) is 9.18 Å². The molecule has 1 aromatic carbocycles. The Labute approximate surface area is 111 Å². The minimum atomic E-state index is -0.469. The van der Waals surface area contributed by atoms with E-state index in [0.717, 1.165) is 12.5 Å². The van der Waals surface area contributed by atoms with Crippen molar-refractivity contribution in [2.24, 2.45) is 5.92 Å². The summed E-state index contributed by atoms with van der Waals surface area (Å²) in [5, 5.41) is 11.7. The molecular weight excluding hydrogens is 257 g/mol. The van der Waals surface area contributed by atoms with Crippen molar-refractivity contribution in [3.05, 3.63) is 34.6 Å². The molecule has 2 N–H and O–H groups in total. The SMILES string of the molecule is CCC(CCO)CNC(=O)c1ccc(F)cc1Cl. The van der Waals surface area contributed by atoms with Gasteiger partial charge in [0.2, 0.25) is 0 Å².